The summed E-state index contributed by atoms with van der Waals surface area (Å²) >= 11 is 11.7. The first-order valence-electron chi connectivity index (χ1n) is 6.60. The van der Waals surface area contributed by atoms with E-state index in [0.717, 1.165) is 12.1 Å². The summed E-state index contributed by atoms with van der Waals surface area (Å²) in [6, 6.07) is 4.20. The molecule has 0 fully saturated rings. The van der Waals surface area contributed by atoms with Gasteiger partial charge in [0.25, 0.3) is 20.2 Å². The molecular weight excluding hydrogens is 431 g/mol. The molecule has 0 saturated heterocycles. The van der Waals surface area contributed by atoms with Gasteiger partial charge in [0.05, 0.1) is 25.3 Å². The summed E-state index contributed by atoms with van der Waals surface area (Å²) in [5.74, 6) is -0.369. The third-order valence-corrected chi connectivity index (χ3v) is 5.50. The van der Waals surface area contributed by atoms with Crippen molar-refractivity contribution in [2.24, 2.45) is 0 Å². The van der Waals surface area contributed by atoms with Crippen molar-refractivity contribution in [3.63, 3.8) is 0 Å². The molecule has 2 N–H and O–H groups in total. The molecule has 2 aromatic rings. The molecule has 2 rings (SSSR count). The summed E-state index contributed by atoms with van der Waals surface area (Å²) in [4.78, 5) is -1.49. The second-order valence-corrected chi connectivity index (χ2v) is 8.57. The Bertz CT molecular complexity index is 991. The van der Waals surface area contributed by atoms with Gasteiger partial charge in [-0.15, -0.1) is 0 Å². The van der Waals surface area contributed by atoms with Crippen molar-refractivity contribution in [2.45, 2.75) is 9.79 Å². The fraction of sp³-hybridized carbons (Fsp3) is 0.143. The van der Waals surface area contributed by atoms with Gasteiger partial charge in [-0.25, -0.2) is 0 Å². The van der Waals surface area contributed by atoms with E-state index >= 15 is 0 Å². The lowest BCUT2D eigenvalue weighted by atomic mass is 10.0. The summed E-state index contributed by atoms with van der Waals surface area (Å²) in [7, 11) is -7.37. The third kappa shape index (κ3) is 4.05. The van der Waals surface area contributed by atoms with Crippen LogP contribution in [-0.2, 0) is 20.2 Å². The quantitative estimate of drug-likeness (QED) is 0.675. The lowest BCUT2D eigenvalue weighted by Crippen LogP contribution is -2.08. The van der Waals surface area contributed by atoms with Crippen molar-refractivity contribution in [1.82, 2.24) is 0 Å². The van der Waals surface area contributed by atoms with E-state index in [1.165, 1.54) is 26.4 Å². The van der Waals surface area contributed by atoms with Crippen LogP contribution in [0.4, 0.5) is 0 Å². The zero-order chi connectivity index (χ0) is 19.9. The van der Waals surface area contributed by atoms with Gasteiger partial charge in [-0.1, -0.05) is 23.2 Å². The summed E-state index contributed by atoms with van der Waals surface area (Å²) in [6.07, 6.45) is 0. The second kappa shape index (κ2) is 7.22. The maximum atomic E-state index is 11.8. The standard InChI is InChI=1S/C14H12Cl2O8S2/c1-23-9-3-7(15)5-11(25(17,18)19)13(9)14-10(24-2)4-8(16)6-12(14)26(20,21)22/h3-6H,1-2H3,(H,17,18,19)(H,20,21,22). The van der Waals surface area contributed by atoms with E-state index in [-0.39, 0.29) is 32.7 Å². The van der Waals surface area contributed by atoms with Crippen LogP contribution in [0.2, 0.25) is 10.0 Å². The first-order chi connectivity index (χ1) is 11.9. The van der Waals surface area contributed by atoms with Gasteiger partial charge in [-0.05, 0) is 24.3 Å². The smallest absolute Gasteiger partial charge is 0.295 e. The number of ether oxygens (including phenoxy) is 2. The molecule has 0 aromatic heterocycles. The molecule has 0 radical (unpaired) electrons. The largest absolute Gasteiger partial charge is 0.496 e. The molecule has 0 atom stereocenters. The van der Waals surface area contributed by atoms with Gasteiger partial charge >= 0.3 is 0 Å². The lowest BCUT2D eigenvalue weighted by molar-refractivity contribution is 0.407. The van der Waals surface area contributed by atoms with E-state index in [9.17, 15) is 25.9 Å². The highest BCUT2D eigenvalue weighted by Gasteiger charge is 2.30. The molecule has 0 unspecified atom stereocenters. The zero-order valence-electron chi connectivity index (χ0n) is 13.2. The van der Waals surface area contributed by atoms with E-state index in [4.69, 9.17) is 32.7 Å². The first kappa shape index (κ1) is 20.7. The Balaban J connectivity index is 3.16. The van der Waals surface area contributed by atoms with Crippen LogP contribution in [0.15, 0.2) is 34.1 Å². The SMILES string of the molecule is COc1cc(Cl)cc(S(=O)(=O)O)c1-c1c(OC)cc(Cl)cc1S(=O)(=O)O. The molecule has 2 aromatic carbocycles. The fourth-order valence-electron chi connectivity index (χ4n) is 2.34. The summed E-state index contributed by atoms with van der Waals surface area (Å²) < 4.78 is 76.7. The zero-order valence-corrected chi connectivity index (χ0v) is 16.4. The predicted octanol–water partition coefficient (Wildman–Crippen LogP) is 3.17. The Morgan fingerprint density at radius 2 is 1.04 bits per heavy atom. The van der Waals surface area contributed by atoms with Crippen LogP contribution in [0, 0.1) is 0 Å². The molecule has 12 heteroatoms. The lowest BCUT2D eigenvalue weighted by Gasteiger charge is -2.18. The Morgan fingerprint density at radius 1 is 0.731 bits per heavy atom. The second-order valence-electron chi connectivity index (χ2n) is 4.91. The van der Waals surface area contributed by atoms with Crippen molar-refractivity contribution < 1.29 is 35.4 Å². The topological polar surface area (TPSA) is 127 Å². The fourth-order valence-corrected chi connectivity index (χ4v) is 4.36. The number of hydrogen-bond donors (Lipinski definition) is 2. The van der Waals surface area contributed by atoms with Crippen LogP contribution in [0.5, 0.6) is 11.5 Å². The third-order valence-electron chi connectivity index (χ3n) is 3.31. The molecule has 8 nitrogen and oxygen atoms in total. The molecule has 0 aliphatic heterocycles. The number of benzene rings is 2. The van der Waals surface area contributed by atoms with Crippen LogP contribution in [-0.4, -0.2) is 40.2 Å². The van der Waals surface area contributed by atoms with Crippen molar-refractivity contribution in [1.29, 1.82) is 0 Å². The predicted molar refractivity (Wildman–Crippen MR) is 94.6 cm³/mol. The normalized spacial score (nSPS) is 12.1. The van der Waals surface area contributed by atoms with E-state index in [0.29, 0.717) is 0 Å². The Labute approximate surface area is 159 Å². The van der Waals surface area contributed by atoms with E-state index < -0.39 is 30.0 Å². The summed E-state index contributed by atoms with van der Waals surface area (Å²) in [5, 5.41) is -0.195. The van der Waals surface area contributed by atoms with E-state index in [2.05, 4.69) is 0 Å². The molecule has 0 aliphatic carbocycles. The van der Waals surface area contributed by atoms with Gasteiger partial charge in [-0.2, -0.15) is 16.8 Å². The van der Waals surface area contributed by atoms with Crippen molar-refractivity contribution in [3.05, 3.63) is 34.3 Å². The van der Waals surface area contributed by atoms with Gasteiger partial charge in [0.1, 0.15) is 21.3 Å². The highest BCUT2D eigenvalue weighted by Crippen LogP contribution is 2.46. The monoisotopic (exact) mass is 442 g/mol. The Morgan fingerprint density at radius 3 is 1.27 bits per heavy atom. The highest BCUT2D eigenvalue weighted by molar-refractivity contribution is 7.86. The molecule has 26 heavy (non-hydrogen) atoms. The van der Waals surface area contributed by atoms with Crippen LogP contribution in [0.3, 0.4) is 0 Å². The molecule has 0 spiro atoms. The Hall–Kier alpha value is -1.56. The maximum Gasteiger partial charge on any atom is 0.295 e. The molecule has 0 heterocycles. The van der Waals surface area contributed by atoms with Crippen molar-refractivity contribution >= 4 is 43.4 Å². The molecule has 142 valence electrons. The minimum atomic E-state index is -4.86. The van der Waals surface area contributed by atoms with Gasteiger partial charge in [0.15, 0.2) is 0 Å². The number of hydrogen-bond acceptors (Lipinski definition) is 6. The minimum absolute atomic E-state index is 0.0976. The van der Waals surface area contributed by atoms with Gasteiger partial charge in [0, 0.05) is 10.0 Å². The maximum absolute atomic E-state index is 11.8. The Kier molecular flexibility index (Phi) is 5.76. The molecule has 0 bridgehead atoms. The number of methoxy groups -OCH3 is 2. The molecule has 0 amide bonds. The van der Waals surface area contributed by atoms with Crippen molar-refractivity contribution in [2.75, 3.05) is 14.2 Å². The average molecular weight is 443 g/mol. The number of halogens is 2. The van der Waals surface area contributed by atoms with E-state index in [1.807, 2.05) is 0 Å². The highest BCUT2D eigenvalue weighted by atomic mass is 35.5. The number of rotatable bonds is 5. The summed E-state index contributed by atoms with van der Waals surface area (Å²) in [6.45, 7) is 0. The summed E-state index contributed by atoms with van der Waals surface area (Å²) in [5.41, 5.74) is -0.749. The molecule has 0 saturated carbocycles. The van der Waals surface area contributed by atoms with Crippen LogP contribution in [0.1, 0.15) is 0 Å². The van der Waals surface area contributed by atoms with Gasteiger partial charge in [0.2, 0.25) is 0 Å². The van der Waals surface area contributed by atoms with Crippen LogP contribution >= 0.6 is 23.2 Å². The van der Waals surface area contributed by atoms with E-state index in [1.54, 1.807) is 0 Å². The molecular formula is C14H12Cl2O8S2. The van der Waals surface area contributed by atoms with Crippen LogP contribution in [0.25, 0.3) is 11.1 Å². The average Bonchev–Trinajstić information content (AvgIpc) is 2.51. The van der Waals surface area contributed by atoms with Crippen LogP contribution < -0.4 is 9.47 Å². The first-order valence-corrected chi connectivity index (χ1v) is 10.2. The van der Waals surface area contributed by atoms with Gasteiger partial charge in [-0.3, -0.25) is 9.11 Å². The van der Waals surface area contributed by atoms with Gasteiger partial charge < -0.3 is 9.47 Å². The van der Waals surface area contributed by atoms with Crippen molar-refractivity contribution in [3.8, 4) is 22.6 Å². The minimum Gasteiger partial charge on any atom is -0.496 e. The molecule has 0 aliphatic rings.